The first-order chi connectivity index (χ1) is 16.0. The molecule has 0 aliphatic carbocycles. The van der Waals surface area contributed by atoms with E-state index in [1.54, 1.807) is 6.08 Å². The minimum absolute atomic E-state index is 0.0274. The molecule has 170 valence electrons. The van der Waals surface area contributed by atoms with E-state index in [0.717, 1.165) is 29.0 Å². The van der Waals surface area contributed by atoms with Crippen LogP contribution in [0, 0.1) is 5.41 Å². The predicted octanol–water partition coefficient (Wildman–Crippen LogP) is 5.64. The number of thioether (sulfide) groups is 1. The Morgan fingerprint density at radius 3 is 2.67 bits per heavy atom. The van der Waals surface area contributed by atoms with Crippen molar-refractivity contribution in [3.05, 3.63) is 65.2 Å². The number of carbonyl (C=O) groups is 1. The summed E-state index contributed by atoms with van der Waals surface area (Å²) in [5, 5.41) is 15.7. The molecule has 0 fully saturated rings. The van der Waals surface area contributed by atoms with Crippen LogP contribution in [0.15, 0.2) is 64.2 Å². The van der Waals surface area contributed by atoms with Crippen molar-refractivity contribution < 1.29 is 14.3 Å². The lowest BCUT2D eigenvalue weighted by molar-refractivity contribution is -0.114. The standard InChI is InChI=1S/C25H26N4O3S/c1-4-9-22-28-29-23(26)19(24(30)27-25(29)33-22)14-17-12-13-20(21(15-17)31-5-2)32-16(3)18-10-7-6-8-11-18/h6-8,10-16,26H,4-5,9H2,1-3H3/b19-14+,26-23?/t16-/m0/s1. The molecule has 33 heavy (non-hydrogen) atoms. The molecule has 4 rings (SSSR count). The second-order valence-electron chi connectivity index (χ2n) is 7.57. The summed E-state index contributed by atoms with van der Waals surface area (Å²) in [6.07, 6.45) is 3.23. The number of hydrazone groups is 1. The summed E-state index contributed by atoms with van der Waals surface area (Å²) in [5.74, 6) is 0.779. The summed E-state index contributed by atoms with van der Waals surface area (Å²) in [4.78, 5) is 16.8. The molecular weight excluding hydrogens is 436 g/mol. The molecule has 2 aliphatic rings. The molecule has 0 radical (unpaired) electrons. The summed E-state index contributed by atoms with van der Waals surface area (Å²) in [5.41, 5.74) is 1.97. The molecule has 7 nitrogen and oxygen atoms in total. The fourth-order valence-electron chi connectivity index (χ4n) is 3.48. The molecule has 0 unspecified atom stereocenters. The van der Waals surface area contributed by atoms with E-state index in [9.17, 15) is 4.79 Å². The van der Waals surface area contributed by atoms with Gasteiger partial charge >= 0.3 is 0 Å². The number of carbonyl (C=O) groups excluding carboxylic acids is 1. The van der Waals surface area contributed by atoms with Crippen molar-refractivity contribution in [1.82, 2.24) is 5.01 Å². The molecule has 0 spiro atoms. The summed E-state index contributed by atoms with van der Waals surface area (Å²) < 4.78 is 12.0. The summed E-state index contributed by atoms with van der Waals surface area (Å²) in [6, 6.07) is 15.4. The fraction of sp³-hybridized carbons (Fsp3) is 0.280. The third kappa shape index (κ3) is 5.01. The number of rotatable bonds is 8. The highest BCUT2D eigenvalue weighted by Crippen LogP contribution is 2.34. The Labute approximate surface area is 197 Å². The van der Waals surface area contributed by atoms with Crippen molar-refractivity contribution >= 4 is 39.8 Å². The number of amides is 1. The number of hydrogen-bond acceptors (Lipinski definition) is 6. The van der Waals surface area contributed by atoms with Crippen LogP contribution < -0.4 is 9.47 Å². The van der Waals surface area contributed by atoms with E-state index in [2.05, 4.69) is 17.0 Å². The molecule has 2 aliphatic heterocycles. The van der Waals surface area contributed by atoms with Gasteiger partial charge in [0.1, 0.15) is 11.1 Å². The molecule has 2 heterocycles. The van der Waals surface area contributed by atoms with Crippen LogP contribution in [-0.2, 0) is 4.79 Å². The predicted molar refractivity (Wildman–Crippen MR) is 133 cm³/mol. The number of amidine groups is 2. The van der Waals surface area contributed by atoms with Crippen LogP contribution in [0.5, 0.6) is 11.5 Å². The third-order valence-electron chi connectivity index (χ3n) is 5.11. The Hall–Kier alpha value is -3.39. The molecule has 0 saturated heterocycles. The molecule has 1 N–H and O–H groups in total. The molecule has 1 atom stereocenters. The number of nitrogens with zero attached hydrogens (tertiary/aromatic N) is 3. The van der Waals surface area contributed by atoms with Gasteiger partial charge in [0.2, 0.25) is 5.17 Å². The van der Waals surface area contributed by atoms with E-state index in [4.69, 9.17) is 14.9 Å². The molecule has 0 bridgehead atoms. The van der Waals surface area contributed by atoms with Gasteiger partial charge in [0, 0.05) is 0 Å². The van der Waals surface area contributed by atoms with Gasteiger partial charge in [-0.15, -0.1) is 0 Å². The summed E-state index contributed by atoms with van der Waals surface area (Å²) >= 11 is 1.35. The zero-order valence-corrected chi connectivity index (χ0v) is 19.7. The molecule has 8 heteroatoms. The van der Waals surface area contributed by atoms with Gasteiger partial charge in [0.25, 0.3) is 5.91 Å². The van der Waals surface area contributed by atoms with Crippen molar-refractivity contribution in [2.75, 3.05) is 6.61 Å². The van der Waals surface area contributed by atoms with Gasteiger partial charge in [-0.05, 0) is 67.8 Å². The highest BCUT2D eigenvalue weighted by Gasteiger charge is 2.35. The normalized spacial score (nSPS) is 17.5. The zero-order chi connectivity index (χ0) is 23.4. The maximum atomic E-state index is 12.7. The number of hydrogen-bond donors (Lipinski definition) is 1. The lowest BCUT2D eigenvalue weighted by atomic mass is 10.1. The number of benzene rings is 2. The summed E-state index contributed by atoms with van der Waals surface area (Å²) in [7, 11) is 0. The lowest BCUT2D eigenvalue weighted by Crippen LogP contribution is -2.35. The third-order valence-corrected chi connectivity index (χ3v) is 6.08. The van der Waals surface area contributed by atoms with Crippen LogP contribution in [0.1, 0.15) is 50.8 Å². The van der Waals surface area contributed by atoms with Gasteiger partial charge in [-0.3, -0.25) is 10.2 Å². The van der Waals surface area contributed by atoms with Crippen molar-refractivity contribution in [3.8, 4) is 11.5 Å². The minimum Gasteiger partial charge on any atom is -0.490 e. The van der Waals surface area contributed by atoms with E-state index in [0.29, 0.717) is 23.3 Å². The van der Waals surface area contributed by atoms with Gasteiger partial charge in [0.05, 0.1) is 12.2 Å². The Morgan fingerprint density at radius 2 is 1.94 bits per heavy atom. The maximum Gasteiger partial charge on any atom is 0.283 e. The average molecular weight is 463 g/mol. The summed E-state index contributed by atoms with van der Waals surface area (Å²) in [6.45, 7) is 6.43. The smallest absolute Gasteiger partial charge is 0.283 e. The highest BCUT2D eigenvalue weighted by molar-refractivity contribution is 8.26. The Kier molecular flexibility index (Phi) is 6.93. The van der Waals surface area contributed by atoms with Crippen molar-refractivity contribution in [1.29, 1.82) is 5.41 Å². The minimum atomic E-state index is -0.442. The van der Waals surface area contributed by atoms with Crippen LogP contribution in [0.2, 0.25) is 0 Å². The molecule has 2 aromatic rings. The van der Waals surface area contributed by atoms with E-state index in [-0.39, 0.29) is 17.5 Å². The topological polar surface area (TPSA) is 87.3 Å². The van der Waals surface area contributed by atoms with Crippen LogP contribution in [0.25, 0.3) is 6.08 Å². The highest BCUT2D eigenvalue weighted by atomic mass is 32.2. The van der Waals surface area contributed by atoms with Gasteiger partial charge < -0.3 is 9.47 Å². The van der Waals surface area contributed by atoms with Crippen molar-refractivity contribution in [2.45, 2.75) is 39.7 Å². The number of ether oxygens (including phenoxy) is 2. The van der Waals surface area contributed by atoms with Gasteiger partial charge in [-0.2, -0.15) is 15.1 Å². The average Bonchev–Trinajstić information content (AvgIpc) is 3.21. The Balaban J connectivity index is 1.60. The number of aliphatic imine (C=N–C) groups is 1. The Morgan fingerprint density at radius 1 is 1.15 bits per heavy atom. The number of fused-ring (bicyclic) bond motifs is 1. The van der Waals surface area contributed by atoms with E-state index >= 15 is 0 Å². The van der Waals surface area contributed by atoms with E-state index in [1.807, 2.05) is 62.4 Å². The van der Waals surface area contributed by atoms with E-state index < -0.39 is 5.91 Å². The van der Waals surface area contributed by atoms with Crippen LogP contribution in [-0.4, -0.2) is 33.6 Å². The molecule has 0 aromatic heterocycles. The van der Waals surface area contributed by atoms with Gasteiger partial charge in [0.15, 0.2) is 17.3 Å². The first-order valence-electron chi connectivity index (χ1n) is 11.0. The second kappa shape index (κ2) is 10.0. The number of nitrogens with one attached hydrogen (secondary N) is 1. The largest absolute Gasteiger partial charge is 0.490 e. The van der Waals surface area contributed by atoms with Crippen LogP contribution in [0.3, 0.4) is 0 Å². The van der Waals surface area contributed by atoms with Crippen LogP contribution >= 0.6 is 11.8 Å². The lowest BCUT2D eigenvalue weighted by Gasteiger charge is -2.20. The fourth-order valence-corrected chi connectivity index (χ4v) is 4.46. The molecular formula is C25H26N4O3S. The van der Waals surface area contributed by atoms with Crippen LogP contribution in [0.4, 0.5) is 0 Å². The first kappa shape index (κ1) is 22.8. The first-order valence-corrected chi connectivity index (χ1v) is 11.8. The van der Waals surface area contributed by atoms with Crippen molar-refractivity contribution in [2.24, 2.45) is 10.1 Å². The Bertz CT molecular complexity index is 1160. The van der Waals surface area contributed by atoms with E-state index in [1.165, 1.54) is 16.8 Å². The SMILES string of the molecule is CCCC1=NN2C(=N)/C(=C\c3ccc(O[C@@H](C)c4ccccc4)c(OCC)c3)C(=O)N=C2S1. The molecule has 0 saturated carbocycles. The second-order valence-corrected chi connectivity index (χ2v) is 8.61. The van der Waals surface area contributed by atoms with Crippen molar-refractivity contribution in [3.63, 3.8) is 0 Å². The maximum absolute atomic E-state index is 12.7. The molecule has 1 amide bonds. The van der Waals surface area contributed by atoms with Gasteiger partial charge in [-0.1, -0.05) is 43.3 Å². The van der Waals surface area contributed by atoms with Gasteiger partial charge in [-0.25, -0.2) is 0 Å². The quantitative estimate of drug-likeness (QED) is 0.513. The molecule has 2 aromatic carbocycles. The monoisotopic (exact) mass is 462 g/mol. The zero-order valence-electron chi connectivity index (χ0n) is 18.9.